The van der Waals surface area contributed by atoms with E-state index in [0.717, 1.165) is 17.9 Å². The van der Waals surface area contributed by atoms with E-state index in [9.17, 15) is 0 Å². The van der Waals surface area contributed by atoms with Crippen molar-refractivity contribution in [1.82, 2.24) is 0 Å². The van der Waals surface area contributed by atoms with Crippen LogP contribution in [-0.4, -0.2) is 0 Å². The van der Waals surface area contributed by atoms with Crippen molar-refractivity contribution in [2.45, 2.75) is 19.4 Å². The Morgan fingerprint density at radius 3 is 3.00 bits per heavy atom. The van der Waals surface area contributed by atoms with Crippen LogP contribution in [0.25, 0.3) is 10.1 Å². The quantitative estimate of drug-likeness (QED) is 0.707. The molecule has 1 N–H and O–H groups in total. The minimum Gasteiger partial charge on any atom is -0.467 e. The van der Waals surface area contributed by atoms with Gasteiger partial charge in [-0.1, -0.05) is 6.92 Å². The van der Waals surface area contributed by atoms with Crippen LogP contribution in [0.4, 0.5) is 5.69 Å². The molecule has 0 fully saturated rings. The molecule has 2 heterocycles. The molecule has 3 aromatic rings. The Morgan fingerprint density at radius 1 is 1.28 bits per heavy atom. The molecule has 0 aliphatic heterocycles. The summed E-state index contributed by atoms with van der Waals surface area (Å²) in [6, 6.07) is 12.8. The molecule has 2 aromatic heterocycles. The molecule has 92 valence electrons. The minimum absolute atomic E-state index is 0.232. The van der Waals surface area contributed by atoms with Gasteiger partial charge >= 0.3 is 0 Å². The first-order valence-electron chi connectivity index (χ1n) is 6.14. The zero-order valence-electron chi connectivity index (χ0n) is 10.2. The second-order valence-electron chi connectivity index (χ2n) is 4.29. The van der Waals surface area contributed by atoms with Crippen LogP contribution < -0.4 is 5.32 Å². The molecule has 1 unspecified atom stereocenters. The van der Waals surface area contributed by atoms with Crippen molar-refractivity contribution in [3.63, 3.8) is 0 Å². The predicted octanol–water partition coefficient (Wildman–Crippen LogP) is 5.06. The summed E-state index contributed by atoms with van der Waals surface area (Å²) in [6.07, 6.45) is 2.72. The molecule has 0 aliphatic carbocycles. The van der Waals surface area contributed by atoms with E-state index in [2.05, 4.69) is 41.9 Å². The summed E-state index contributed by atoms with van der Waals surface area (Å²) in [5.41, 5.74) is 1.14. The van der Waals surface area contributed by atoms with Gasteiger partial charge in [0.25, 0.3) is 0 Å². The molecule has 2 nitrogen and oxygen atoms in total. The van der Waals surface area contributed by atoms with Crippen molar-refractivity contribution in [2.75, 3.05) is 5.32 Å². The fraction of sp³-hybridized carbons (Fsp3) is 0.200. The summed E-state index contributed by atoms with van der Waals surface area (Å²) in [5, 5.41) is 6.94. The molecule has 1 aromatic carbocycles. The van der Waals surface area contributed by atoms with Crippen molar-refractivity contribution >= 4 is 27.1 Å². The summed E-state index contributed by atoms with van der Waals surface area (Å²) in [7, 11) is 0. The van der Waals surface area contributed by atoms with Crippen LogP contribution >= 0.6 is 11.3 Å². The zero-order valence-corrected chi connectivity index (χ0v) is 11.0. The smallest absolute Gasteiger partial charge is 0.125 e. The average Bonchev–Trinajstić information content (AvgIpc) is 3.06. The number of hydrogen-bond donors (Lipinski definition) is 1. The van der Waals surface area contributed by atoms with E-state index in [4.69, 9.17) is 4.42 Å². The third-order valence-electron chi connectivity index (χ3n) is 3.09. The van der Waals surface area contributed by atoms with E-state index in [1.165, 1.54) is 10.1 Å². The topological polar surface area (TPSA) is 25.2 Å². The maximum Gasteiger partial charge on any atom is 0.125 e. The molecule has 0 saturated carbocycles. The molecule has 0 radical (unpaired) electrons. The summed E-state index contributed by atoms with van der Waals surface area (Å²) in [6.45, 7) is 2.16. The van der Waals surface area contributed by atoms with Crippen LogP contribution in [0.3, 0.4) is 0 Å². The van der Waals surface area contributed by atoms with Gasteiger partial charge in [0.05, 0.1) is 12.3 Å². The molecular formula is C15H15NOS. The number of fused-ring (bicyclic) bond motifs is 1. The summed E-state index contributed by atoms with van der Waals surface area (Å²) >= 11 is 1.77. The van der Waals surface area contributed by atoms with Gasteiger partial charge in [-0.15, -0.1) is 11.3 Å². The van der Waals surface area contributed by atoms with Crippen molar-refractivity contribution in [3.05, 3.63) is 53.8 Å². The third-order valence-corrected chi connectivity index (χ3v) is 3.99. The van der Waals surface area contributed by atoms with Gasteiger partial charge in [-0.3, -0.25) is 0 Å². The molecule has 0 bridgehead atoms. The number of anilines is 1. The van der Waals surface area contributed by atoms with E-state index in [-0.39, 0.29) is 6.04 Å². The van der Waals surface area contributed by atoms with Gasteiger partial charge in [0, 0.05) is 10.4 Å². The number of benzene rings is 1. The summed E-state index contributed by atoms with van der Waals surface area (Å²) < 4.78 is 6.80. The molecule has 0 amide bonds. The molecule has 0 aliphatic rings. The van der Waals surface area contributed by atoms with Crippen molar-refractivity contribution in [1.29, 1.82) is 0 Å². The van der Waals surface area contributed by atoms with E-state index in [1.807, 2.05) is 12.1 Å². The number of hydrogen-bond acceptors (Lipinski definition) is 3. The van der Waals surface area contributed by atoms with Gasteiger partial charge in [0.1, 0.15) is 5.76 Å². The van der Waals surface area contributed by atoms with Gasteiger partial charge in [0.2, 0.25) is 0 Å². The Bertz CT molecular complexity index is 627. The van der Waals surface area contributed by atoms with Crippen LogP contribution in [0.1, 0.15) is 25.1 Å². The molecule has 0 spiro atoms. The number of rotatable bonds is 4. The van der Waals surface area contributed by atoms with Gasteiger partial charge in [0.15, 0.2) is 0 Å². The highest BCUT2D eigenvalue weighted by Gasteiger charge is 2.11. The summed E-state index contributed by atoms with van der Waals surface area (Å²) in [4.78, 5) is 0. The second kappa shape index (κ2) is 4.86. The maximum absolute atomic E-state index is 5.47. The number of furan rings is 1. The van der Waals surface area contributed by atoms with Gasteiger partial charge in [-0.05, 0) is 53.6 Å². The van der Waals surface area contributed by atoms with Crippen LogP contribution in [0.5, 0.6) is 0 Å². The van der Waals surface area contributed by atoms with Gasteiger partial charge in [-0.2, -0.15) is 0 Å². The lowest BCUT2D eigenvalue weighted by Gasteiger charge is -2.16. The highest BCUT2D eigenvalue weighted by molar-refractivity contribution is 7.17. The normalized spacial score (nSPS) is 12.7. The molecule has 3 heteroatoms. The third kappa shape index (κ3) is 2.14. The Labute approximate surface area is 110 Å². The Balaban J connectivity index is 1.86. The molecular weight excluding hydrogens is 242 g/mol. The number of nitrogens with one attached hydrogen (secondary N) is 1. The van der Waals surface area contributed by atoms with Crippen LogP contribution in [-0.2, 0) is 0 Å². The van der Waals surface area contributed by atoms with E-state index < -0.39 is 0 Å². The highest BCUT2D eigenvalue weighted by atomic mass is 32.1. The average molecular weight is 257 g/mol. The SMILES string of the molecule is CCC(Nc1ccc2sccc2c1)c1ccco1. The van der Waals surface area contributed by atoms with Crippen molar-refractivity contribution < 1.29 is 4.42 Å². The molecule has 0 saturated heterocycles. The predicted molar refractivity (Wildman–Crippen MR) is 77.2 cm³/mol. The first-order valence-corrected chi connectivity index (χ1v) is 7.02. The van der Waals surface area contributed by atoms with Crippen LogP contribution in [0, 0.1) is 0 Å². The maximum atomic E-state index is 5.47. The molecule has 1 atom stereocenters. The van der Waals surface area contributed by atoms with Gasteiger partial charge < -0.3 is 9.73 Å². The lowest BCUT2D eigenvalue weighted by Crippen LogP contribution is -2.08. The largest absolute Gasteiger partial charge is 0.467 e. The van der Waals surface area contributed by atoms with Crippen LogP contribution in [0.2, 0.25) is 0 Å². The number of thiophene rings is 1. The minimum atomic E-state index is 0.232. The second-order valence-corrected chi connectivity index (χ2v) is 5.24. The fourth-order valence-corrected chi connectivity index (χ4v) is 2.89. The van der Waals surface area contributed by atoms with E-state index >= 15 is 0 Å². The zero-order chi connectivity index (χ0) is 12.4. The molecule has 18 heavy (non-hydrogen) atoms. The first-order chi connectivity index (χ1) is 8.86. The Kier molecular flexibility index (Phi) is 3.07. The first kappa shape index (κ1) is 11.4. The monoisotopic (exact) mass is 257 g/mol. The van der Waals surface area contributed by atoms with E-state index in [0.29, 0.717) is 0 Å². The fourth-order valence-electron chi connectivity index (χ4n) is 2.12. The summed E-state index contributed by atoms with van der Waals surface area (Å²) in [5.74, 6) is 0.989. The lowest BCUT2D eigenvalue weighted by molar-refractivity contribution is 0.474. The van der Waals surface area contributed by atoms with Crippen LogP contribution in [0.15, 0.2) is 52.5 Å². The Hall–Kier alpha value is -1.74. The highest BCUT2D eigenvalue weighted by Crippen LogP contribution is 2.27. The van der Waals surface area contributed by atoms with Crippen molar-refractivity contribution in [3.8, 4) is 0 Å². The molecule has 3 rings (SSSR count). The van der Waals surface area contributed by atoms with E-state index in [1.54, 1.807) is 17.6 Å². The van der Waals surface area contributed by atoms with Gasteiger partial charge in [-0.25, -0.2) is 0 Å². The lowest BCUT2D eigenvalue weighted by atomic mass is 10.1. The standard InChI is InChI=1S/C15H15NOS/c1-2-13(14-4-3-8-17-14)16-12-5-6-15-11(10-12)7-9-18-15/h3-10,13,16H,2H2,1H3. The van der Waals surface area contributed by atoms with Crippen molar-refractivity contribution in [2.24, 2.45) is 0 Å². The Morgan fingerprint density at radius 2 is 2.22 bits per heavy atom.